The summed E-state index contributed by atoms with van der Waals surface area (Å²) in [4.78, 5) is 35.5. The number of hydrogen-bond acceptors (Lipinski definition) is 4. The molecule has 1 atom stereocenters. The third-order valence-electron chi connectivity index (χ3n) is 7.57. The van der Waals surface area contributed by atoms with Crippen LogP contribution in [0.3, 0.4) is 0 Å². The van der Waals surface area contributed by atoms with Crippen molar-refractivity contribution in [2.75, 3.05) is 6.54 Å². The topological polar surface area (TPSA) is 86.3 Å². The number of nitrogens with one attached hydrogen (secondary N) is 1. The van der Waals surface area contributed by atoms with Gasteiger partial charge in [0.05, 0.1) is 23.2 Å². The summed E-state index contributed by atoms with van der Waals surface area (Å²) in [5.41, 5.74) is 3.34. The molecule has 0 radical (unpaired) electrons. The lowest BCUT2D eigenvalue weighted by atomic mass is 9.94. The fraction of sp³-hybridized carbons (Fsp3) is 0.233. The molecule has 0 spiro atoms. The normalized spacial score (nSPS) is 16.6. The smallest absolute Gasteiger partial charge is 0.256 e. The van der Waals surface area contributed by atoms with Gasteiger partial charge in [-0.3, -0.25) is 9.59 Å². The molecule has 0 saturated heterocycles. The Kier molecular flexibility index (Phi) is 6.13. The van der Waals surface area contributed by atoms with Crippen molar-refractivity contribution in [2.45, 2.75) is 37.3 Å². The average molecular weight is 530 g/mol. The van der Waals surface area contributed by atoms with Gasteiger partial charge < -0.3 is 15.0 Å². The van der Waals surface area contributed by atoms with Gasteiger partial charge in [0.2, 0.25) is 0 Å². The predicted molar refractivity (Wildman–Crippen MR) is 142 cm³/mol. The standard InChI is InChI=1S/C30H25ClFN3O3/c31-22-9-7-18(8-10-22)19-3-1-4-20(15-19)26(36)28(38)35-14-11-25-24(17-35)27(37)34-29(33-25)30(12-13-30)21-5-2-6-23(32)16-21/h1-10,15-16,26,36H,11-14,17H2,(H,33,34,37). The van der Waals surface area contributed by atoms with Gasteiger partial charge >= 0.3 is 0 Å². The van der Waals surface area contributed by atoms with Crippen LogP contribution in [0.2, 0.25) is 5.02 Å². The van der Waals surface area contributed by atoms with E-state index in [9.17, 15) is 19.1 Å². The Bertz CT molecular complexity index is 1600. The summed E-state index contributed by atoms with van der Waals surface area (Å²) >= 11 is 5.99. The second-order valence-corrected chi connectivity index (χ2v) is 10.4. The van der Waals surface area contributed by atoms with Crippen molar-refractivity contribution in [1.29, 1.82) is 0 Å². The highest BCUT2D eigenvalue weighted by atomic mass is 35.5. The number of carbonyl (C=O) groups excluding carboxylic acids is 1. The van der Waals surface area contributed by atoms with Gasteiger partial charge in [0.1, 0.15) is 11.6 Å². The Labute approximate surface area is 223 Å². The van der Waals surface area contributed by atoms with Gasteiger partial charge in [-0.15, -0.1) is 0 Å². The molecular weight excluding hydrogens is 505 g/mol. The summed E-state index contributed by atoms with van der Waals surface area (Å²) in [5, 5.41) is 11.6. The van der Waals surface area contributed by atoms with Crippen LogP contribution in [0.15, 0.2) is 77.6 Å². The minimum absolute atomic E-state index is 0.0671. The van der Waals surface area contributed by atoms with E-state index in [-0.39, 0.29) is 17.9 Å². The van der Waals surface area contributed by atoms with Crippen LogP contribution in [0.4, 0.5) is 4.39 Å². The lowest BCUT2D eigenvalue weighted by Crippen LogP contribution is -2.42. The molecule has 6 nitrogen and oxygen atoms in total. The number of benzene rings is 3. The van der Waals surface area contributed by atoms with Gasteiger partial charge in [-0.1, -0.05) is 54.1 Å². The van der Waals surface area contributed by atoms with Crippen molar-refractivity contribution in [3.05, 3.63) is 122 Å². The summed E-state index contributed by atoms with van der Waals surface area (Å²) in [5.74, 6) is -0.239. The quantitative estimate of drug-likeness (QED) is 0.384. The number of fused-ring (bicyclic) bond motifs is 1. The lowest BCUT2D eigenvalue weighted by Gasteiger charge is -2.30. The molecule has 2 aliphatic rings. The molecule has 8 heteroatoms. The van der Waals surface area contributed by atoms with Crippen LogP contribution in [-0.2, 0) is 23.2 Å². The summed E-state index contributed by atoms with van der Waals surface area (Å²) in [6, 6.07) is 21.0. The van der Waals surface area contributed by atoms with Crippen molar-refractivity contribution < 1.29 is 14.3 Å². The highest BCUT2D eigenvalue weighted by Crippen LogP contribution is 2.52. The third kappa shape index (κ3) is 4.42. The molecule has 1 aliphatic carbocycles. The Morgan fingerprint density at radius 3 is 2.55 bits per heavy atom. The van der Waals surface area contributed by atoms with E-state index < -0.39 is 17.4 Å². The SMILES string of the molecule is O=C(C(O)c1cccc(-c2ccc(Cl)cc2)c1)N1CCc2nc(C3(c4cccc(F)c4)CC3)[nH]c(=O)c2C1. The van der Waals surface area contributed by atoms with Gasteiger partial charge in [-0.2, -0.15) is 0 Å². The third-order valence-corrected chi connectivity index (χ3v) is 7.83. The molecule has 2 heterocycles. The van der Waals surface area contributed by atoms with Crippen LogP contribution in [0.25, 0.3) is 11.1 Å². The van der Waals surface area contributed by atoms with Crippen LogP contribution >= 0.6 is 11.6 Å². The number of H-pyrrole nitrogens is 1. The first kappa shape index (κ1) is 24.5. The molecule has 1 saturated carbocycles. The van der Waals surface area contributed by atoms with E-state index in [0.717, 1.165) is 29.5 Å². The van der Waals surface area contributed by atoms with E-state index in [1.165, 1.54) is 17.0 Å². The van der Waals surface area contributed by atoms with Crippen LogP contribution in [0, 0.1) is 5.82 Å². The van der Waals surface area contributed by atoms with E-state index in [1.54, 1.807) is 36.4 Å². The number of hydrogen-bond donors (Lipinski definition) is 2. The molecule has 1 aliphatic heterocycles. The fourth-order valence-electron chi connectivity index (χ4n) is 5.26. The van der Waals surface area contributed by atoms with E-state index >= 15 is 0 Å². The minimum atomic E-state index is -1.36. The minimum Gasteiger partial charge on any atom is -0.378 e. The first-order valence-electron chi connectivity index (χ1n) is 12.6. The lowest BCUT2D eigenvalue weighted by molar-refractivity contribution is -0.141. The van der Waals surface area contributed by atoms with Crippen LogP contribution in [0.1, 0.15) is 47.2 Å². The van der Waals surface area contributed by atoms with Gasteiger partial charge in [0.15, 0.2) is 6.10 Å². The van der Waals surface area contributed by atoms with Crippen molar-refractivity contribution in [3.8, 4) is 11.1 Å². The van der Waals surface area contributed by atoms with Crippen LogP contribution < -0.4 is 5.56 Å². The summed E-state index contributed by atoms with van der Waals surface area (Å²) in [7, 11) is 0. The molecule has 3 aromatic carbocycles. The zero-order chi connectivity index (χ0) is 26.4. The Balaban J connectivity index is 1.22. The summed E-state index contributed by atoms with van der Waals surface area (Å²) < 4.78 is 13.9. The first-order valence-corrected chi connectivity index (χ1v) is 12.9. The highest BCUT2D eigenvalue weighted by Gasteiger charge is 2.49. The highest BCUT2D eigenvalue weighted by molar-refractivity contribution is 6.30. The Morgan fingerprint density at radius 2 is 1.82 bits per heavy atom. The molecule has 1 unspecified atom stereocenters. The molecule has 38 heavy (non-hydrogen) atoms. The molecule has 1 aromatic heterocycles. The number of amides is 1. The maximum Gasteiger partial charge on any atom is 0.256 e. The van der Waals surface area contributed by atoms with Gasteiger partial charge in [0.25, 0.3) is 11.5 Å². The molecule has 192 valence electrons. The number of aliphatic hydroxyl groups excluding tert-OH is 1. The zero-order valence-electron chi connectivity index (χ0n) is 20.5. The number of rotatable bonds is 5. The molecule has 4 aromatic rings. The van der Waals surface area contributed by atoms with E-state index in [2.05, 4.69) is 4.98 Å². The first-order chi connectivity index (χ1) is 18.3. The number of aliphatic hydroxyl groups is 1. The van der Waals surface area contributed by atoms with Crippen molar-refractivity contribution in [1.82, 2.24) is 14.9 Å². The fourth-order valence-corrected chi connectivity index (χ4v) is 5.39. The van der Waals surface area contributed by atoms with E-state index in [4.69, 9.17) is 16.6 Å². The summed E-state index contributed by atoms with van der Waals surface area (Å²) in [6.45, 7) is 0.403. The molecule has 2 N–H and O–H groups in total. The number of aromatic amines is 1. The van der Waals surface area contributed by atoms with E-state index in [1.807, 2.05) is 24.3 Å². The Hall–Kier alpha value is -3.81. The number of nitrogens with zero attached hydrogens (tertiary/aromatic N) is 2. The van der Waals surface area contributed by atoms with Crippen molar-refractivity contribution in [3.63, 3.8) is 0 Å². The van der Waals surface area contributed by atoms with Crippen LogP contribution in [0.5, 0.6) is 0 Å². The molecule has 6 rings (SSSR count). The van der Waals surface area contributed by atoms with Gasteiger partial charge in [-0.05, 0) is 65.4 Å². The molecule has 0 bridgehead atoms. The van der Waals surface area contributed by atoms with Crippen molar-refractivity contribution in [2.24, 2.45) is 0 Å². The van der Waals surface area contributed by atoms with Crippen LogP contribution in [-0.4, -0.2) is 32.4 Å². The second-order valence-electron chi connectivity index (χ2n) is 9.98. The van der Waals surface area contributed by atoms with Gasteiger partial charge in [-0.25, -0.2) is 9.37 Å². The number of carbonyl (C=O) groups is 1. The average Bonchev–Trinajstić information content (AvgIpc) is 3.75. The number of aromatic nitrogens is 2. The number of halogens is 2. The molecular formula is C30H25ClFN3O3. The van der Waals surface area contributed by atoms with Gasteiger partial charge in [0, 0.05) is 18.0 Å². The second kappa shape index (κ2) is 9.49. The molecule has 1 fully saturated rings. The van der Waals surface area contributed by atoms with Crippen molar-refractivity contribution >= 4 is 17.5 Å². The Morgan fingerprint density at radius 1 is 1.05 bits per heavy atom. The largest absolute Gasteiger partial charge is 0.378 e. The maximum absolute atomic E-state index is 13.9. The maximum atomic E-state index is 13.9. The molecule has 1 amide bonds. The predicted octanol–water partition coefficient (Wildman–Crippen LogP) is 4.93. The van der Waals surface area contributed by atoms with E-state index in [0.29, 0.717) is 40.6 Å². The zero-order valence-corrected chi connectivity index (χ0v) is 21.2. The monoisotopic (exact) mass is 529 g/mol. The summed E-state index contributed by atoms with van der Waals surface area (Å²) in [6.07, 6.45) is 0.598.